The van der Waals surface area contributed by atoms with Gasteiger partial charge in [-0.1, -0.05) is 27.2 Å². The zero-order valence-electron chi connectivity index (χ0n) is 16.9. The van der Waals surface area contributed by atoms with Crippen LogP contribution in [0.2, 0.25) is 0 Å². The SMILES string of the molecule is CCC(C)(CC1(CC)C2CC3CC(C2)CC1C3)CC(O)(C(F)(F)F)C(F)(F)F. The third-order valence-electron chi connectivity index (χ3n) is 8.65. The highest BCUT2D eigenvalue weighted by Crippen LogP contribution is 2.67. The van der Waals surface area contributed by atoms with Crippen molar-refractivity contribution in [1.82, 2.24) is 0 Å². The van der Waals surface area contributed by atoms with Gasteiger partial charge in [0.2, 0.25) is 0 Å². The fourth-order valence-corrected chi connectivity index (χ4v) is 7.20. The number of aliphatic hydroxyl groups is 1. The van der Waals surface area contributed by atoms with Gasteiger partial charge in [0.05, 0.1) is 0 Å². The van der Waals surface area contributed by atoms with Crippen LogP contribution >= 0.6 is 0 Å². The Hall–Kier alpha value is -0.460. The lowest BCUT2D eigenvalue weighted by atomic mass is 9.42. The quantitative estimate of drug-likeness (QED) is 0.469. The Balaban J connectivity index is 1.91. The van der Waals surface area contributed by atoms with Crippen molar-refractivity contribution in [3.63, 3.8) is 0 Å². The molecule has 4 bridgehead atoms. The molecule has 4 aliphatic carbocycles. The Bertz CT molecular complexity index is 538. The molecule has 0 spiro atoms. The van der Waals surface area contributed by atoms with Gasteiger partial charge in [0.15, 0.2) is 0 Å². The van der Waals surface area contributed by atoms with Crippen molar-refractivity contribution in [2.45, 2.75) is 96.5 Å². The van der Waals surface area contributed by atoms with Crippen molar-refractivity contribution in [3.05, 3.63) is 0 Å². The molecule has 0 aromatic heterocycles. The molecule has 1 N–H and O–H groups in total. The molecule has 0 aromatic carbocycles. The van der Waals surface area contributed by atoms with Crippen molar-refractivity contribution in [1.29, 1.82) is 0 Å². The van der Waals surface area contributed by atoms with Crippen LogP contribution < -0.4 is 0 Å². The third kappa shape index (κ3) is 3.37. The van der Waals surface area contributed by atoms with E-state index in [0.717, 1.165) is 32.1 Å². The van der Waals surface area contributed by atoms with Crippen molar-refractivity contribution < 1.29 is 31.4 Å². The number of hydrogen-bond donors (Lipinski definition) is 1. The van der Waals surface area contributed by atoms with Crippen LogP contribution in [0, 0.1) is 34.5 Å². The molecule has 164 valence electrons. The van der Waals surface area contributed by atoms with E-state index >= 15 is 0 Å². The van der Waals surface area contributed by atoms with Gasteiger partial charge in [-0.15, -0.1) is 0 Å². The largest absolute Gasteiger partial charge is 0.426 e. The molecular formula is C21H32F6O. The Morgan fingerprint density at radius 3 is 1.57 bits per heavy atom. The van der Waals surface area contributed by atoms with Crippen LogP contribution in [0.5, 0.6) is 0 Å². The normalized spacial score (nSPS) is 37.9. The predicted octanol–water partition coefficient (Wildman–Crippen LogP) is 6.89. The van der Waals surface area contributed by atoms with E-state index in [0.29, 0.717) is 30.1 Å². The van der Waals surface area contributed by atoms with Gasteiger partial charge >= 0.3 is 12.4 Å². The molecule has 0 aromatic rings. The molecule has 4 aliphatic rings. The first-order valence-corrected chi connectivity index (χ1v) is 10.6. The van der Waals surface area contributed by atoms with Crippen molar-refractivity contribution in [2.24, 2.45) is 34.5 Å². The smallest absolute Gasteiger partial charge is 0.374 e. The molecule has 1 nitrogen and oxygen atoms in total. The third-order valence-corrected chi connectivity index (χ3v) is 8.65. The monoisotopic (exact) mass is 414 g/mol. The van der Waals surface area contributed by atoms with E-state index in [1.54, 1.807) is 6.92 Å². The van der Waals surface area contributed by atoms with Gasteiger partial charge in [0.25, 0.3) is 5.60 Å². The first-order chi connectivity index (χ1) is 12.7. The molecule has 4 saturated carbocycles. The highest BCUT2D eigenvalue weighted by atomic mass is 19.4. The fraction of sp³-hybridized carbons (Fsp3) is 1.00. The summed E-state index contributed by atoms with van der Waals surface area (Å²) in [6, 6.07) is 0. The van der Waals surface area contributed by atoms with Gasteiger partial charge in [-0.25, -0.2) is 0 Å². The zero-order valence-corrected chi connectivity index (χ0v) is 16.9. The van der Waals surface area contributed by atoms with Crippen LogP contribution in [0.4, 0.5) is 26.3 Å². The number of hydrogen-bond acceptors (Lipinski definition) is 1. The summed E-state index contributed by atoms with van der Waals surface area (Å²) in [4.78, 5) is 0. The summed E-state index contributed by atoms with van der Waals surface area (Å²) in [5.74, 6) is 2.14. The molecule has 0 heterocycles. The first-order valence-electron chi connectivity index (χ1n) is 10.6. The van der Waals surface area contributed by atoms with E-state index in [-0.39, 0.29) is 11.8 Å². The highest BCUT2D eigenvalue weighted by molar-refractivity contribution is 5.08. The topological polar surface area (TPSA) is 20.2 Å². The Morgan fingerprint density at radius 1 is 0.821 bits per heavy atom. The molecule has 0 aliphatic heterocycles. The number of halogens is 6. The molecule has 0 amide bonds. The minimum absolute atomic E-state index is 0.176. The maximum Gasteiger partial charge on any atom is 0.426 e. The molecule has 4 rings (SSSR count). The summed E-state index contributed by atoms with van der Waals surface area (Å²) in [5.41, 5.74) is -6.09. The van der Waals surface area contributed by atoms with Gasteiger partial charge in [-0.3, -0.25) is 0 Å². The summed E-state index contributed by atoms with van der Waals surface area (Å²) in [6.45, 7) is 5.20. The van der Waals surface area contributed by atoms with E-state index in [1.165, 1.54) is 13.3 Å². The molecule has 0 saturated heterocycles. The standard InChI is InChI=1S/C21H32F6O/c1-4-17(3,12-19(28,20(22,23)24)21(25,26)27)11-18(5-2)15-7-13-6-14(9-15)10-16(18)8-13/h13-16,28H,4-12H2,1-3H3. The summed E-state index contributed by atoms with van der Waals surface area (Å²) in [5, 5.41) is 9.84. The minimum atomic E-state index is -5.74. The van der Waals surface area contributed by atoms with Gasteiger partial charge in [0.1, 0.15) is 0 Å². The van der Waals surface area contributed by atoms with Crippen LogP contribution in [0.25, 0.3) is 0 Å². The average Bonchev–Trinajstić information content (AvgIpc) is 2.55. The average molecular weight is 414 g/mol. The number of rotatable bonds is 6. The maximum atomic E-state index is 13.3. The van der Waals surface area contributed by atoms with Crippen LogP contribution in [-0.4, -0.2) is 23.1 Å². The van der Waals surface area contributed by atoms with E-state index in [9.17, 15) is 31.4 Å². The minimum Gasteiger partial charge on any atom is -0.374 e. The van der Waals surface area contributed by atoms with Crippen molar-refractivity contribution in [3.8, 4) is 0 Å². The molecule has 4 fully saturated rings. The van der Waals surface area contributed by atoms with Crippen LogP contribution in [0.15, 0.2) is 0 Å². The second-order valence-corrected chi connectivity index (χ2v) is 10.3. The summed E-state index contributed by atoms with van der Waals surface area (Å²) in [7, 11) is 0. The second kappa shape index (κ2) is 6.78. The lowest BCUT2D eigenvalue weighted by Gasteiger charge is -2.63. The predicted molar refractivity (Wildman–Crippen MR) is 94.5 cm³/mol. The van der Waals surface area contributed by atoms with E-state index in [4.69, 9.17) is 0 Å². The van der Waals surface area contributed by atoms with E-state index in [1.807, 2.05) is 6.92 Å². The highest BCUT2D eigenvalue weighted by Gasteiger charge is 2.72. The van der Waals surface area contributed by atoms with E-state index in [2.05, 4.69) is 0 Å². The summed E-state index contributed by atoms with van der Waals surface area (Å²) in [6.07, 6.45) is -6.05. The molecule has 0 radical (unpaired) electrons. The van der Waals surface area contributed by atoms with E-state index < -0.39 is 29.8 Å². The number of alkyl halides is 6. The van der Waals surface area contributed by atoms with Gasteiger partial charge < -0.3 is 5.11 Å². The fourth-order valence-electron chi connectivity index (χ4n) is 7.20. The van der Waals surface area contributed by atoms with Crippen LogP contribution in [0.1, 0.15) is 78.6 Å². The van der Waals surface area contributed by atoms with Crippen LogP contribution in [0.3, 0.4) is 0 Å². The molecule has 1 atom stereocenters. The summed E-state index contributed by atoms with van der Waals surface area (Å²) >= 11 is 0. The Labute approximate surface area is 163 Å². The lowest BCUT2D eigenvalue weighted by molar-refractivity contribution is -0.377. The second-order valence-electron chi connectivity index (χ2n) is 10.3. The van der Waals surface area contributed by atoms with Gasteiger partial charge in [-0.05, 0) is 85.9 Å². The first kappa shape index (κ1) is 22.2. The van der Waals surface area contributed by atoms with Gasteiger partial charge in [0, 0.05) is 0 Å². The van der Waals surface area contributed by atoms with Gasteiger partial charge in [-0.2, -0.15) is 26.3 Å². The van der Waals surface area contributed by atoms with Crippen LogP contribution in [-0.2, 0) is 0 Å². The molecule has 7 heteroatoms. The lowest BCUT2D eigenvalue weighted by Crippen LogP contribution is -2.60. The van der Waals surface area contributed by atoms with Crippen molar-refractivity contribution in [2.75, 3.05) is 0 Å². The molecular weight excluding hydrogens is 382 g/mol. The Kier molecular flexibility index (Phi) is 5.38. The van der Waals surface area contributed by atoms with Crippen molar-refractivity contribution >= 4 is 0 Å². The maximum absolute atomic E-state index is 13.3. The molecule has 28 heavy (non-hydrogen) atoms. The molecule has 1 unspecified atom stereocenters. The zero-order chi connectivity index (χ0) is 21.2. The summed E-state index contributed by atoms with van der Waals surface area (Å²) < 4.78 is 80.0. The Morgan fingerprint density at radius 2 is 1.25 bits per heavy atom.